The van der Waals surface area contributed by atoms with E-state index in [9.17, 15) is 13.2 Å². The summed E-state index contributed by atoms with van der Waals surface area (Å²) in [7, 11) is -0.115. The number of sulfone groups is 1. The van der Waals surface area contributed by atoms with Crippen LogP contribution in [0.5, 0.6) is 11.5 Å². The van der Waals surface area contributed by atoms with E-state index in [4.69, 9.17) is 9.47 Å². The van der Waals surface area contributed by atoms with Crippen molar-refractivity contribution in [1.82, 2.24) is 5.32 Å². The number of amides is 1. The lowest BCUT2D eigenvalue weighted by Gasteiger charge is -2.10. The van der Waals surface area contributed by atoms with Crippen LogP contribution >= 0.6 is 0 Å². The molecule has 0 bridgehead atoms. The van der Waals surface area contributed by atoms with Crippen molar-refractivity contribution in [3.8, 4) is 11.5 Å². The lowest BCUT2D eigenvalue weighted by atomic mass is 10.1. The lowest BCUT2D eigenvalue weighted by molar-refractivity contribution is 0.0954. The van der Waals surface area contributed by atoms with Crippen LogP contribution in [-0.4, -0.2) is 41.3 Å². The van der Waals surface area contributed by atoms with Gasteiger partial charge >= 0.3 is 0 Å². The summed E-state index contributed by atoms with van der Waals surface area (Å²) in [4.78, 5) is 12.3. The Morgan fingerprint density at radius 2 is 1.64 bits per heavy atom. The highest BCUT2D eigenvalue weighted by molar-refractivity contribution is 7.90. The molecule has 0 radical (unpaired) electrons. The third kappa shape index (κ3) is 4.96. The number of rotatable bonds is 7. The second-order valence-electron chi connectivity index (χ2n) is 5.49. The van der Waals surface area contributed by atoms with Gasteiger partial charge in [0.2, 0.25) is 0 Å². The van der Waals surface area contributed by atoms with E-state index in [-0.39, 0.29) is 10.8 Å². The molecular formula is C18H21NO5S. The molecule has 1 N–H and O–H groups in total. The van der Waals surface area contributed by atoms with E-state index in [2.05, 4.69) is 5.32 Å². The topological polar surface area (TPSA) is 81.7 Å². The van der Waals surface area contributed by atoms with E-state index in [1.165, 1.54) is 24.3 Å². The molecule has 0 fully saturated rings. The van der Waals surface area contributed by atoms with Crippen LogP contribution in [0, 0.1) is 0 Å². The highest BCUT2D eigenvalue weighted by Crippen LogP contribution is 2.27. The normalized spacial score (nSPS) is 11.0. The Morgan fingerprint density at radius 3 is 2.20 bits per heavy atom. The minimum Gasteiger partial charge on any atom is -0.493 e. The second-order valence-corrected chi connectivity index (χ2v) is 7.51. The summed E-state index contributed by atoms with van der Waals surface area (Å²) >= 11 is 0. The van der Waals surface area contributed by atoms with Gasteiger partial charge in [0, 0.05) is 18.4 Å². The SMILES string of the molecule is COc1ccc(CCNC(=O)c2ccc(S(C)(=O)=O)cc2)cc1OC. The Labute approximate surface area is 147 Å². The van der Waals surface area contributed by atoms with Gasteiger partial charge in [-0.2, -0.15) is 0 Å². The third-order valence-corrected chi connectivity index (χ3v) is 4.82. The van der Waals surface area contributed by atoms with Crippen molar-refractivity contribution in [3.63, 3.8) is 0 Å². The minimum atomic E-state index is -3.26. The van der Waals surface area contributed by atoms with Gasteiger partial charge in [0.05, 0.1) is 19.1 Å². The molecule has 0 saturated heterocycles. The first-order chi connectivity index (χ1) is 11.8. The average molecular weight is 363 g/mol. The molecule has 0 atom stereocenters. The maximum absolute atomic E-state index is 12.1. The molecule has 0 spiro atoms. The number of hydrogen-bond acceptors (Lipinski definition) is 5. The van der Waals surface area contributed by atoms with Crippen LogP contribution in [0.4, 0.5) is 0 Å². The maximum atomic E-state index is 12.1. The molecule has 0 unspecified atom stereocenters. The van der Waals surface area contributed by atoms with Crippen molar-refractivity contribution >= 4 is 15.7 Å². The maximum Gasteiger partial charge on any atom is 0.251 e. The van der Waals surface area contributed by atoms with Crippen LogP contribution < -0.4 is 14.8 Å². The van der Waals surface area contributed by atoms with E-state index in [0.717, 1.165) is 11.8 Å². The zero-order valence-electron chi connectivity index (χ0n) is 14.4. The molecule has 0 saturated carbocycles. The number of methoxy groups -OCH3 is 2. The summed E-state index contributed by atoms with van der Waals surface area (Å²) in [6.07, 6.45) is 1.76. The van der Waals surface area contributed by atoms with Gasteiger partial charge in [0.1, 0.15) is 0 Å². The number of benzene rings is 2. The van der Waals surface area contributed by atoms with Crippen LogP contribution in [0.25, 0.3) is 0 Å². The molecule has 6 nitrogen and oxygen atoms in total. The van der Waals surface area contributed by atoms with Crippen LogP contribution in [0.2, 0.25) is 0 Å². The van der Waals surface area contributed by atoms with Gasteiger partial charge < -0.3 is 14.8 Å². The quantitative estimate of drug-likeness (QED) is 0.814. The standard InChI is InChI=1S/C18H21NO5S/c1-23-16-9-4-13(12-17(16)24-2)10-11-19-18(20)14-5-7-15(8-6-14)25(3,21)22/h4-9,12H,10-11H2,1-3H3,(H,19,20). The van der Waals surface area contributed by atoms with Crippen molar-refractivity contribution in [2.75, 3.05) is 27.0 Å². The number of ether oxygens (including phenoxy) is 2. The number of nitrogens with one attached hydrogen (secondary N) is 1. The highest BCUT2D eigenvalue weighted by Gasteiger charge is 2.10. The third-order valence-electron chi connectivity index (χ3n) is 3.69. The summed E-state index contributed by atoms with van der Waals surface area (Å²) < 4.78 is 33.3. The smallest absolute Gasteiger partial charge is 0.251 e. The Morgan fingerprint density at radius 1 is 1.00 bits per heavy atom. The molecule has 2 aromatic rings. The monoisotopic (exact) mass is 363 g/mol. The van der Waals surface area contributed by atoms with Crippen LogP contribution in [-0.2, 0) is 16.3 Å². The first-order valence-electron chi connectivity index (χ1n) is 7.64. The van der Waals surface area contributed by atoms with Gasteiger partial charge in [-0.15, -0.1) is 0 Å². The second kappa shape index (κ2) is 8.02. The zero-order valence-corrected chi connectivity index (χ0v) is 15.2. The van der Waals surface area contributed by atoms with Crippen molar-refractivity contribution in [2.24, 2.45) is 0 Å². The number of hydrogen-bond donors (Lipinski definition) is 1. The molecule has 2 rings (SSSR count). The average Bonchev–Trinajstić information content (AvgIpc) is 2.60. The summed E-state index contributed by atoms with van der Waals surface area (Å²) in [6.45, 7) is 0.447. The molecule has 0 aliphatic heterocycles. The Bertz CT molecular complexity index is 844. The molecule has 0 aromatic heterocycles. The molecular weight excluding hydrogens is 342 g/mol. The summed E-state index contributed by atoms with van der Waals surface area (Å²) in [5.41, 5.74) is 1.42. The van der Waals surface area contributed by atoms with Crippen LogP contribution in [0.3, 0.4) is 0 Å². The van der Waals surface area contributed by atoms with Crippen molar-refractivity contribution < 1.29 is 22.7 Å². The molecule has 0 heterocycles. The number of carbonyl (C=O) groups is 1. The molecule has 0 aliphatic carbocycles. The predicted molar refractivity (Wildman–Crippen MR) is 95.1 cm³/mol. The van der Waals surface area contributed by atoms with E-state index in [1.54, 1.807) is 14.2 Å². The Balaban J connectivity index is 1.94. The zero-order chi connectivity index (χ0) is 18.4. The fourth-order valence-electron chi connectivity index (χ4n) is 2.31. The van der Waals surface area contributed by atoms with E-state index in [1.807, 2.05) is 18.2 Å². The first kappa shape index (κ1) is 18.8. The lowest BCUT2D eigenvalue weighted by Crippen LogP contribution is -2.25. The molecule has 2 aromatic carbocycles. The van der Waals surface area contributed by atoms with Crippen LogP contribution in [0.15, 0.2) is 47.4 Å². The van der Waals surface area contributed by atoms with Gasteiger partial charge in [0.25, 0.3) is 5.91 Å². The minimum absolute atomic E-state index is 0.189. The van der Waals surface area contributed by atoms with Gasteiger partial charge in [-0.25, -0.2) is 8.42 Å². The van der Waals surface area contributed by atoms with Gasteiger partial charge in [0.15, 0.2) is 21.3 Å². The molecule has 25 heavy (non-hydrogen) atoms. The molecule has 1 amide bonds. The molecule has 134 valence electrons. The van der Waals surface area contributed by atoms with Gasteiger partial charge in [-0.1, -0.05) is 6.07 Å². The van der Waals surface area contributed by atoms with Crippen molar-refractivity contribution in [1.29, 1.82) is 0 Å². The van der Waals surface area contributed by atoms with E-state index >= 15 is 0 Å². The van der Waals surface area contributed by atoms with Gasteiger partial charge in [-0.05, 0) is 48.4 Å². The van der Waals surface area contributed by atoms with Crippen LogP contribution in [0.1, 0.15) is 15.9 Å². The number of carbonyl (C=O) groups excluding carboxylic acids is 1. The molecule has 7 heteroatoms. The summed E-state index contributed by atoms with van der Waals surface area (Å²) in [5.74, 6) is 1.05. The van der Waals surface area contributed by atoms with E-state index in [0.29, 0.717) is 30.0 Å². The highest BCUT2D eigenvalue weighted by atomic mass is 32.2. The first-order valence-corrected chi connectivity index (χ1v) is 9.53. The summed E-state index contributed by atoms with van der Waals surface area (Å²) in [6, 6.07) is 11.5. The van der Waals surface area contributed by atoms with Crippen molar-refractivity contribution in [2.45, 2.75) is 11.3 Å². The fourth-order valence-corrected chi connectivity index (χ4v) is 2.94. The Hall–Kier alpha value is -2.54. The van der Waals surface area contributed by atoms with E-state index < -0.39 is 9.84 Å². The van der Waals surface area contributed by atoms with Gasteiger partial charge in [-0.3, -0.25) is 4.79 Å². The largest absolute Gasteiger partial charge is 0.493 e. The fraction of sp³-hybridized carbons (Fsp3) is 0.278. The van der Waals surface area contributed by atoms with Crippen molar-refractivity contribution in [3.05, 3.63) is 53.6 Å². The predicted octanol–water partition coefficient (Wildman–Crippen LogP) is 2.08. The Kier molecular flexibility index (Phi) is 6.03. The summed E-state index contributed by atoms with van der Waals surface area (Å²) in [5, 5.41) is 2.81. The molecule has 0 aliphatic rings.